The molecule has 0 aliphatic rings. The van der Waals surface area contributed by atoms with E-state index in [1.807, 2.05) is 0 Å². The number of carboxylic acids is 2. The molecule has 0 saturated heterocycles. The molecule has 7 nitrogen and oxygen atoms in total. The third-order valence-corrected chi connectivity index (χ3v) is 0.167. The van der Waals surface area contributed by atoms with Crippen LogP contribution >= 0.6 is 0 Å². The molecule has 10 heavy (non-hydrogen) atoms. The van der Waals surface area contributed by atoms with E-state index in [4.69, 9.17) is 19.8 Å². The first kappa shape index (κ1) is 34.1. The summed E-state index contributed by atoms with van der Waals surface area (Å²) in [6.07, 6.45) is 0. The van der Waals surface area contributed by atoms with Gasteiger partial charge in [-0.05, 0) is 0 Å². The summed E-state index contributed by atoms with van der Waals surface area (Å²) in [6.45, 7) is 0. The Balaban J connectivity index is -0.0000000208. The van der Waals surface area contributed by atoms with Crippen molar-refractivity contribution in [3.63, 3.8) is 0 Å². The van der Waals surface area contributed by atoms with Crippen LogP contribution in [-0.4, -0.2) is 28.4 Å². The second kappa shape index (κ2) is 15.8. The van der Waals surface area contributed by atoms with E-state index in [0.717, 1.165) is 0 Å². The van der Waals surface area contributed by atoms with Gasteiger partial charge in [-0.3, -0.25) is 0 Å². The molecule has 0 atom stereocenters. The van der Waals surface area contributed by atoms with Crippen LogP contribution in [0.3, 0.4) is 0 Å². The van der Waals surface area contributed by atoms with Crippen LogP contribution in [-0.2, 0) is 29.1 Å². The first-order valence-corrected chi connectivity index (χ1v) is 1.07. The predicted molar refractivity (Wildman–Crippen MR) is 20.9 cm³/mol. The molecule has 0 amide bonds. The fourth-order valence-corrected chi connectivity index (χ4v) is 0. The average Bonchev–Trinajstić information content (AvgIpc) is 1.36. The molecule has 0 rings (SSSR count). The van der Waals surface area contributed by atoms with Crippen molar-refractivity contribution < 1.29 is 55.7 Å². The van der Waals surface area contributed by atoms with E-state index in [9.17, 15) is 0 Å². The van der Waals surface area contributed by atoms with Crippen molar-refractivity contribution in [1.82, 2.24) is 0 Å². The molecule has 0 unspecified atom stereocenters. The summed E-state index contributed by atoms with van der Waals surface area (Å²) in [4.78, 5) is 17.9. The van der Waals surface area contributed by atoms with Gasteiger partial charge in [0.2, 0.25) is 0 Å². The molecular weight excluding hydrogens is 201 g/mol. The van der Waals surface area contributed by atoms with Crippen LogP contribution in [0.2, 0.25) is 0 Å². The number of hydrogen-bond acceptors (Lipinski definition) is 4. The van der Waals surface area contributed by atoms with Gasteiger partial charge in [-0.15, -0.1) is 0 Å². The van der Waals surface area contributed by atoms with E-state index in [2.05, 4.69) is 0 Å². The van der Waals surface area contributed by atoms with Gasteiger partial charge in [0.05, 0.1) is 11.9 Å². The smallest absolute Gasteiger partial charge is 0.543 e. The molecule has 0 aliphatic heterocycles. The maximum absolute atomic E-state index is 8.93. The maximum atomic E-state index is 8.93. The molecular formula is C2H6O7Zn. The monoisotopic (exact) mass is 206 g/mol. The Morgan fingerprint density at radius 1 is 0.800 bits per heavy atom. The summed E-state index contributed by atoms with van der Waals surface area (Å²) in [5, 5.41) is 17.9. The van der Waals surface area contributed by atoms with E-state index in [-0.39, 0.29) is 35.9 Å². The second-order valence-corrected chi connectivity index (χ2v) is 0.575. The van der Waals surface area contributed by atoms with E-state index in [1.165, 1.54) is 0 Å². The fourth-order valence-electron chi connectivity index (χ4n) is 0. The van der Waals surface area contributed by atoms with Gasteiger partial charge >= 0.3 is 19.5 Å². The van der Waals surface area contributed by atoms with Crippen LogP contribution < -0.4 is 10.2 Å². The molecule has 0 saturated carbocycles. The van der Waals surface area contributed by atoms with Crippen molar-refractivity contribution in [2.75, 3.05) is 0 Å². The molecule has 0 heterocycles. The van der Waals surface area contributed by atoms with Crippen molar-refractivity contribution in [1.29, 1.82) is 0 Å². The standard InChI is InChI=1S/C2H2O4.3H2O.Zn/c3-1(4)2(5)6;;;;/h(H,3,4)(H,5,6);3*1H2;/q;;;;+2/p-2. The molecule has 58 valence electrons. The Kier molecular flexibility index (Phi) is 53.8. The van der Waals surface area contributed by atoms with E-state index < -0.39 is 11.9 Å². The number of carbonyl (C=O) groups excluding carboxylic acids is 2. The normalized spacial score (nSPS) is 4.40. The van der Waals surface area contributed by atoms with Crippen LogP contribution in [0.5, 0.6) is 0 Å². The molecule has 0 bridgehead atoms. The van der Waals surface area contributed by atoms with E-state index in [0.29, 0.717) is 0 Å². The van der Waals surface area contributed by atoms with Crippen LogP contribution in [0.25, 0.3) is 0 Å². The zero-order valence-electron chi connectivity index (χ0n) is 4.84. The largest absolute Gasteiger partial charge is 2.00 e. The molecule has 6 N–H and O–H groups in total. The Morgan fingerprint density at radius 2 is 0.900 bits per heavy atom. The van der Waals surface area contributed by atoms with E-state index >= 15 is 0 Å². The minimum atomic E-state index is -2.19. The van der Waals surface area contributed by atoms with Crippen molar-refractivity contribution in [2.45, 2.75) is 0 Å². The number of carbonyl (C=O) groups is 2. The van der Waals surface area contributed by atoms with Gasteiger partial charge in [-0.2, -0.15) is 0 Å². The van der Waals surface area contributed by atoms with Crippen molar-refractivity contribution in [2.24, 2.45) is 0 Å². The van der Waals surface area contributed by atoms with Gasteiger partial charge in [0.15, 0.2) is 0 Å². The summed E-state index contributed by atoms with van der Waals surface area (Å²) >= 11 is 0. The molecule has 8 heteroatoms. The van der Waals surface area contributed by atoms with Gasteiger partial charge in [0.1, 0.15) is 0 Å². The third-order valence-electron chi connectivity index (χ3n) is 0.167. The van der Waals surface area contributed by atoms with Crippen molar-refractivity contribution >= 4 is 11.9 Å². The first-order valence-electron chi connectivity index (χ1n) is 1.07. The van der Waals surface area contributed by atoms with Crippen LogP contribution in [0.1, 0.15) is 0 Å². The SMILES string of the molecule is O.O.O.O=C([O-])C(=O)[O-].[Zn+2]. The zero-order valence-corrected chi connectivity index (χ0v) is 7.81. The number of aliphatic carboxylic acids is 2. The molecule has 0 aromatic carbocycles. The Bertz CT molecular complexity index is 77.6. The maximum Gasteiger partial charge on any atom is 2.00 e. The van der Waals surface area contributed by atoms with Gasteiger partial charge < -0.3 is 36.2 Å². The van der Waals surface area contributed by atoms with Gasteiger partial charge in [0.25, 0.3) is 0 Å². The summed E-state index contributed by atoms with van der Waals surface area (Å²) in [6, 6.07) is 0. The summed E-state index contributed by atoms with van der Waals surface area (Å²) in [5.41, 5.74) is 0. The van der Waals surface area contributed by atoms with Gasteiger partial charge in [-0.1, -0.05) is 0 Å². The number of rotatable bonds is 0. The molecule has 0 aromatic rings. The minimum absolute atomic E-state index is 0. The molecule has 0 fully saturated rings. The molecule has 0 spiro atoms. The predicted octanol–water partition coefficient (Wildman–Crippen LogP) is -5.99. The molecule has 0 aromatic heterocycles. The fraction of sp³-hybridized carbons (Fsp3) is 0. The van der Waals surface area contributed by atoms with Crippen molar-refractivity contribution in [3.8, 4) is 0 Å². The third kappa shape index (κ3) is 26.1. The first-order chi connectivity index (χ1) is 2.64. The average molecular weight is 207 g/mol. The van der Waals surface area contributed by atoms with Crippen LogP contribution in [0.4, 0.5) is 0 Å². The molecule has 0 radical (unpaired) electrons. The Labute approximate surface area is 68.3 Å². The Morgan fingerprint density at radius 3 is 0.900 bits per heavy atom. The number of hydrogen-bond donors (Lipinski definition) is 0. The Hall–Kier alpha value is -0.557. The van der Waals surface area contributed by atoms with Gasteiger partial charge in [0, 0.05) is 0 Å². The van der Waals surface area contributed by atoms with Crippen molar-refractivity contribution in [3.05, 3.63) is 0 Å². The second-order valence-electron chi connectivity index (χ2n) is 0.575. The van der Waals surface area contributed by atoms with E-state index in [1.54, 1.807) is 0 Å². The summed E-state index contributed by atoms with van der Waals surface area (Å²) in [5.74, 6) is -4.37. The quantitative estimate of drug-likeness (QED) is 0.284. The number of carboxylic acid groups (broad SMARTS) is 2. The van der Waals surface area contributed by atoms with Gasteiger partial charge in [-0.25, -0.2) is 0 Å². The molecule has 0 aliphatic carbocycles. The minimum Gasteiger partial charge on any atom is -0.543 e. The van der Waals surface area contributed by atoms with Crippen LogP contribution in [0.15, 0.2) is 0 Å². The topological polar surface area (TPSA) is 175 Å². The summed E-state index contributed by atoms with van der Waals surface area (Å²) in [7, 11) is 0. The van der Waals surface area contributed by atoms with Crippen LogP contribution in [0, 0.1) is 0 Å². The summed E-state index contributed by atoms with van der Waals surface area (Å²) < 4.78 is 0. The zero-order chi connectivity index (χ0) is 5.15.